The second-order valence-corrected chi connectivity index (χ2v) is 7.47. The van der Waals surface area contributed by atoms with Crippen LogP contribution in [0.25, 0.3) is 0 Å². The van der Waals surface area contributed by atoms with E-state index in [0.29, 0.717) is 17.9 Å². The molecule has 0 aliphatic rings. The fourth-order valence-electron chi connectivity index (χ4n) is 2.66. The van der Waals surface area contributed by atoms with Gasteiger partial charge in [-0.05, 0) is 52.9 Å². The van der Waals surface area contributed by atoms with Gasteiger partial charge in [0, 0.05) is 0 Å². The first-order chi connectivity index (χ1) is 12.9. The summed E-state index contributed by atoms with van der Waals surface area (Å²) in [4.78, 5) is 12.3. The Hall–Kier alpha value is -3.07. The fraction of sp³-hybridized carbons (Fsp3) is 0.208. The van der Waals surface area contributed by atoms with Gasteiger partial charge < -0.3 is 9.47 Å². The summed E-state index contributed by atoms with van der Waals surface area (Å²) in [5.74, 6) is 0.959. The van der Waals surface area contributed by atoms with E-state index in [4.69, 9.17) is 9.47 Å². The molecule has 0 N–H and O–H groups in total. The first kappa shape index (κ1) is 18.7. The Morgan fingerprint density at radius 1 is 0.815 bits per heavy atom. The molecule has 138 valence electrons. The molecule has 0 fully saturated rings. The van der Waals surface area contributed by atoms with Crippen LogP contribution < -0.4 is 9.47 Å². The van der Waals surface area contributed by atoms with E-state index in [2.05, 4.69) is 32.9 Å². The molecule has 3 aromatic rings. The Kier molecular flexibility index (Phi) is 5.60. The lowest BCUT2D eigenvalue weighted by Gasteiger charge is -2.19. The van der Waals surface area contributed by atoms with E-state index in [0.717, 1.165) is 11.3 Å². The molecule has 0 aliphatic carbocycles. The SMILES string of the molecule is CC(C)(C)c1ccc(OCc2cccc(C(=O)Oc3ccccc3)c2)cc1. The fourth-order valence-corrected chi connectivity index (χ4v) is 2.66. The molecule has 0 radical (unpaired) electrons. The van der Waals surface area contributed by atoms with Crippen LogP contribution in [0.1, 0.15) is 42.3 Å². The molecule has 27 heavy (non-hydrogen) atoms. The monoisotopic (exact) mass is 360 g/mol. The molecule has 0 aliphatic heterocycles. The van der Waals surface area contributed by atoms with Crippen LogP contribution >= 0.6 is 0 Å². The highest BCUT2D eigenvalue weighted by Gasteiger charge is 2.13. The molecule has 0 spiro atoms. The molecule has 3 nitrogen and oxygen atoms in total. The van der Waals surface area contributed by atoms with Gasteiger partial charge in [-0.2, -0.15) is 0 Å². The smallest absolute Gasteiger partial charge is 0.343 e. The summed E-state index contributed by atoms with van der Waals surface area (Å²) in [5.41, 5.74) is 2.80. The van der Waals surface area contributed by atoms with Gasteiger partial charge in [-0.25, -0.2) is 4.79 Å². The van der Waals surface area contributed by atoms with Crippen molar-refractivity contribution in [2.24, 2.45) is 0 Å². The molecule has 3 heteroatoms. The number of hydrogen-bond donors (Lipinski definition) is 0. The second kappa shape index (κ2) is 8.09. The lowest BCUT2D eigenvalue weighted by Crippen LogP contribution is -2.10. The zero-order chi connectivity index (χ0) is 19.3. The first-order valence-electron chi connectivity index (χ1n) is 9.01. The van der Waals surface area contributed by atoms with Crippen LogP contribution in [-0.2, 0) is 12.0 Å². The summed E-state index contributed by atoms with van der Waals surface area (Å²) in [7, 11) is 0. The summed E-state index contributed by atoms with van der Waals surface area (Å²) >= 11 is 0. The molecule has 0 heterocycles. The normalized spacial score (nSPS) is 11.1. The van der Waals surface area contributed by atoms with Crippen LogP contribution in [0.5, 0.6) is 11.5 Å². The van der Waals surface area contributed by atoms with E-state index < -0.39 is 0 Å². The van der Waals surface area contributed by atoms with Crippen LogP contribution in [-0.4, -0.2) is 5.97 Å². The van der Waals surface area contributed by atoms with E-state index in [1.165, 1.54) is 5.56 Å². The molecule has 0 atom stereocenters. The molecule has 0 saturated carbocycles. The number of ether oxygens (including phenoxy) is 2. The van der Waals surface area contributed by atoms with Crippen molar-refractivity contribution >= 4 is 5.97 Å². The van der Waals surface area contributed by atoms with E-state index in [1.807, 2.05) is 42.5 Å². The Bertz CT molecular complexity index is 891. The maximum absolute atomic E-state index is 12.3. The van der Waals surface area contributed by atoms with Crippen molar-refractivity contribution < 1.29 is 14.3 Å². The third-order valence-corrected chi connectivity index (χ3v) is 4.24. The van der Waals surface area contributed by atoms with Crippen molar-refractivity contribution in [2.75, 3.05) is 0 Å². The average molecular weight is 360 g/mol. The van der Waals surface area contributed by atoms with Gasteiger partial charge in [0.1, 0.15) is 18.1 Å². The molecule has 0 aromatic heterocycles. The third kappa shape index (κ3) is 5.20. The van der Waals surface area contributed by atoms with Gasteiger partial charge in [-0.3, -0.25) is 0 Å². The molecular formula is C24H24O3. The minimum Gasteiger partial charge on any atom is -0.489 e. The maximum Gasteiger partial charge on any atom is 0.343 e. The summed E-state index contributed by atoms with van der Waals surface area (Å²) in [6.45, 7) is 6.94. The van der Waals surface area contributed by atoms with Gasteiger partial charge in [0.15, 0.2) is 0 Å². The van der Waals surface area contributed by atoms with E-state index in [1.54, 1.807) is 24.3 Å². The minimum absolute atomic E-state index is 0.117. The van der Waals surface area contributed by atoms with Crippen LogP contribution in [0.15, 0.2) is 78.9 Å². The van der Waals surface area contributed by atoms with Crippen molar-refractivity contribution in [3.8, 4) is 11.5 Å². The van der Waals surface area contributed by atoms with Gasteiger partial charge in [0.25, 0.3) is 0 Å². The Morgan fingerprint density at radius 3 is 2.19 bits per heavy atom. The average Bonchev–Trinajstić information content (AvgIpc) is 2.67. The number of para-hydroxylation sites is 1. The molecule has 3 aromatic carbocycles. The first-order valence-corrected chi connectivity index (χ1v) is 9.01. The number of benzene rings is 3. The van der Waals surface area contributed by atoms with Crippen LogP contribution in [0.4, 0.5) is 0 Å². The second-order valence-electron chi connectivity index (χ2n) is 7.47. The summed E-state index contributed by atoms with van der Waals surface area (Å²) in [6.07, 6.45) is 0. The predicted molar refractivity (Wildman–Crippen MR) is 107 cm³/mol. The molecule has 0 amide bonds. The van der Waals surface area contributed by atoms with Crippen LogP contribution in [0, 0.1) is 0 Å². The molecule has 0 saturated heterocycles. The summed E-state index contributed by atoms with van der Waals surface area (Å²) < 4.78 is 11.2. The summed E-state index contributed by atoms with van der Waals surface area (Å²) in [6, 6.07) is 24.5. The highest BCUT2D eigenvalue weighted by molar-refractivity contribution is 5.91. The topological polar surface area (TPSA) is 35.5 Å². The van der Waals surface area contributed by atoms with Crippen molar-refractivity contribution in [1.82, 2.24) is 0 Å². The van der Waals surface area contributed by atoms with E-state index in [9.17, 15) is 4.79 Å². The molecular weight excluding hydrogens is 336 g/mol. The zero-order valence-corrected chi connectivity index (χ0v) is 15.9. The highest BCUT2D eigenvalue weighted by atomic mass is 16.5. The minimum atomic E-state index is -0.377. The summed E-state index contributed by atoms with van der Waals surface area (Å²) in [5, 5.41) is 0. The maximum atomic E-state index is 12.3. The molecule has 0 unspecified atom stereocenters. The number of hydrogen-bond acceptors (Lipinski definition) is 3. The van der Waals surface area contributed by atoms with Crippen LogP contribution in [0.3, 0.4) is 0 Å². The van der Waals surface area contributed by atoms with E-state index >= 15 is 0 Å². The lowest BCUT2D eigenvalue weighted by atomic mass is 9.87. The molecule has 0 bridgehead atoms. The van der Waals surface area contributed by atoms with Gasteiger partial charge in [-0.15, -0.1) is 0 Å². The Balaban J connectivity index is 1.63. The Morgan fingerprint density at radius 2 is 1.52 bits per heavy atom. The molecule has 3 rings (SSSR count). The Labute approximate surface area is 160 Å². The van der Waals surface area contributed by atoms with Gasteiger partial charge in [0.05, 0.1) is 5.56 Å². The number of rotatable bonds is 5. The quantitative estimate of drug-likeness (QED) is 0.427. The highest BCUT2D eigenvalue weighted by Crippen LogP contribution is 2.24. The van der Waals surface area contributed by atoms with Gasteiger partial charge in [-0.1, -0.05) is 63.2 Å². The van der Waals surface area contributed by atoms with Crippen molar-refractivity contribution in [3.05, 3.63) is 95.6 Å². The van der Waals surface area contributed by atoms with Crippen molar-refractivity contribution in [3.63, 3.8) is 0 Å². The third-order valence-electron chi connectivity index (χ3n) is 4.24. The lowest BCUT2D eigenvalue weighted by molar-refractivity contribution is 0.0734. The van der Waals surface area contributed by atoms with Crippen molar-refractivity contribution in [1.29, 1.82) is 0 Å². The largest absolute Gasteiger partial charge is 0.489 e. The standard InChI is InChI=1S/C24H24O3/c1-24(2,3)20-12-14-21(15-13-20)26-17-18-8-7-9-19(16-18)23(25)27-22-10-5-4-6-11-22/h4-16H,17H2,1-3H3. The number of carbonyl (C=O) groups is 1. The zero-order valence-electron chi connectivity index (χ0n) is 15.9. The van der Waals surface area contributed by atoms with Crippen LogP contribution in [0.2, 0.25) is 0 Å². The number of esters is 1. The number of carbonyl (C=O) groups excluding carboxylic acids is 1. The van der Waals surface area contributed by atoms with Crippen molar-refractivity contribution in [2.45, 2.75) is 32.8 Å². The van der Waals surface area contributed by atoms with Gasteiger partial charge in [0.2, 0.25) is 0 Å². The predicted octanol–water partition coefficient (Wildman–Crippen LogP) is 5.78. The van der Waals surface area contributed by atoms with Gasteiger partial charge >= 0.3 is 5.97 Å². The van der Waals surface area contributed by atoms with E-state index in [-0.39, 0.29) is 11.4 Å².